The van der Waals surface area contributed by atoms with Gasteiger partial charge in [-0.05, 0) is 25.7 Å². The zero-order chi connectivity index (χ0) is 12.3. The molecule has 2 amide bonds. The molecule has 0 bridgehead atoms. The van der Waals surface area contributed by atoms with E-state index in [1.807, 2.05) is 0 Å². The largest absolute Gasteiger partial charge is 0.393 e. The Balaban J connectivity index is 1.74. The van der Waals surface area contributed by atoms with E-state index in [2.05, 4.69) is 5.32 Å². The summed E-state index contributed by atoms with van der Waals surface area (Å²) in [6.45, 7) is 0.866. The second-order valence-corrected chi connectivity index (χ2v) is 5.02. The number of carbonyl (C=O) groups excluding carboxylic acids is 2. The second kappa shape index (κ2) is 5.49. The summed E-state index contributed by atoms with van der Waals surface area (Å²) >= 11 is 0. The maximum atomic E-state index is 11.7. The van der Waals surface area contributed by atoms with Gasteiger partial charge in [0.15, 0.2) is 0 Å². The van der Waals surface area contributed by atoms with Crippen molar-refractivity contribution in [2.75, 3.05) is 13.1 Å². The molecular formula is C12H20N2O3. The van der Waals surface area contributed by atoms with Crippen molar-refractivity contribution in [3.63, 3.8) is 0 Å². The summed E-state index contributed by atoms with van der Waals surface area (Å²) in [7, 11) is 0. The normalized spacial score (nSPS) is 29.5. The lowest BCUT2D eigenvalue weighted by Crippen LogP contribution is -2.50. The average molecular weight is 240 g/mol. The highest BCUT2D eigenvalue weighted by Gasteiger charge is 2.29. The van der Waals surface area contributed by atoms with Gasteiger partial charge in [0.05, 0.1) is 12.6 Å². The number of nitrogens with zero attached hydrogens (tertiary/aromatic N) is 1. The van der Waals surface area contributed by atoms with Gasteiger partial charge in [-0.2, -0.15) is 0 Å². The fourth-order valence-corrected chi connectivity index (χ4v) is 2.36. The molecule has 2 aliphatic rings. The number of hydrogen-bond acceptors (Lipinski definition) is 3. The van der Waals surface area contributed by atoms with E-state index >= 15 is 0 Å². The van der Waals surface area contributed by atoms with E-state index in [0.29, 0.717) is 25.8 Å². The summed E-state index contributed by atoms with van der Waals surface area (Å²) in [4.78, 5) is 25.0. The van der Waals surface area contributed by atoms with Crippen LogP contribution in [0.1, 0.15) is 38.5 Å². The number of aliphatic hydroxyl groups excluding tert-OH is 1. The summed E-state index contributed by atoms with van der Waals surface area (Å²) in [5.74, 6) is -0.0107. The molecule has 5 heteroatoms. The Kier molecular flexibility index (Phi) is 3.99. The van der Waals surface area contributed by atoms with Crippen LogP contribution in [0.25, 0.3) is 0 Å². The minimum Gasteiger partial charge on any atom is -0.393 e. The van der Waals surface area contributed by atoms with Crippen LogP contribution in [0.3, 0.4) is 0 Å². The summed E-state index contributed by atoms with van der Waals surface area (Å²) in [6, 6.07) is 0.0968. The number of nitrogens with one attached hydrogen (secondary N) is 1. The number of likely N-dealkylation sites (tertiary alicyclic amines) is 1. The van der Waals surface area contributed by atoms with Crippen molar-refractivity contribution < 1.29 is 14.7 Å². The Hall–Kier alpha value is -1.10. The molecule has 1 saturated carbocycles. The fourth-order valence-electron chi connectivity index (χ4n) is 2.36. The van der Waals surface area contributed by atoms with Crippen molar-refractivity contribution in [2.24, 2.45) is 0 Å². The van der Waals surface area contributed by atoms with Crippen molar-refractivity contribution in [3.05, 3.63) is 0 Å². The van der Waals surface area contributed by atoms with Gasteiger partial charge in [-0.1, -0.05) is 6.42 Å². The molecule has 1 heterocycles. The number of carbonyl (C=O) groups is 2. The van der Waals surface area contributed by atoms with Crippen LogP contribution in [0.4, 0.5) is 0 Å². The fraction of sp³-hybridized carbons (Fsp3) is 0.833. The van der Waals surface area contributed by atoms with Crippen LogP contribution in [0.2, 0.25) is 0 Å². The van der Waals surface area contributed by atoms with E-state index in [1.54, 1.807) is 4.90 Å². The minimum atomic E-state index is -0.264. The monoisotopic (exact) mass is 240 g/mol. The Morgan fingerprint density at radius 3 is 2.82 bits per heavy atom. The molecule has 96 valence electrons. The Labute approximate surface area is 101 Å². The second-order valence-electron chi connectivity index (χ2n) is 5.02. The molecule has 0 aromatic rings. The zero-order valence-electron chi connectivity index (χ0n) is 10.0. The van der Waals surface area contributed by atoms with Crippen LogP contribution < -0.4 is 5.32 Å². The first-order chi connectivity index (χ1) is 8.15. The molecule has 2 N–H and O–H groups in total. The Bertz CT molecular complexity index is 300. The Morgan fingerprint density at radius 1 is 1.35 bits per heavy atom. The molecule has 2 fully saturated rings. The first-order valence-electron chi connectivity index (χ1n) is 6.40. The van der Waals surface area contributed by atoms with Gasteiger partial charge in [-0.25, -0.2) is 0 Å². The van der Waals surface area contributed by atoms with Crippen molar-refractivity contribution in [3.8, 4) is 0 Å². The minimum absolute atomic E-state index is 0.0892. The SMILES string of the molecule is O=C(CN1CCCCCC1=O)NC1CC(O)C1. The molecule has 1 aliphatic heterocycles. The van der Waals surface area contributed by atoms with Crippen LogP contribution >= 0.6 is 0 Å². The van der Waals surface area contributed by atoms with Crippen molar-refractivity contribution in [1.82, 2.24) is 10.2 Å². The Morgan fingerprint density at radius 2 is 2.12 bits per heavy atom. The molecule has 5 nitrogen and oxygen atoms in total. The smallest absolute Gasteiger partial charge is 0.239 e. The number of hydrogen-bond donors (Lipinski definition) is 2. The highest BCUT2D eigenvalue weighted by molar-refractivity contribution is 5.85. The average Bonchev–Trinajstić information content (AvgIpc) is 2.42. The molecule has 1 aliphatic carbocycles. The first kappa shape index (κ1) is 12.4. The number of rotatable bonds is 3. The number of amides is 2. The van der Waals surface area contributed by atoms with Crippen LogP contribution in [0, 0.1) is 0 Å². The van der Waals surface area contributed by atoms with Gasteiger partial charge >= 0.3 is 0 Å². The predicted molar refractivity (Wildman–Crippen MR) is 62.2 cm³/mol. The quantitative estimate of drug-likeness (QED) is 0.731. The van der Waals surface area contributed by atoms with Crippen LogP contribution in [-0.4, -0.2) is 47.1 Å². The van der Waals surface area contributed by atoms with E-state index in [9.17, 15) is 9.59 Å². The number of aliphatic hydroxyl groups is 1. The zero-order valence-corrected chi connectivity index (χ0v) is 10.0. The molecule has 0 aromatic carbocycles. The molecule has 0 radical (unpaired) electrons. The van der Waals surface area contributed by atoms with Gasteiger partial charge in [-0.3, -0.25) is 9.59 Å². The van der Waals surface area contributed by atoms with Crippen molar-refractivity contribution in [1.29, 1.82) is 0 Å². The topological polar surface area (TPSA) is 69.6 Å². The lowest BCUT2D eigenvalue weighted by Gasteiger charge is -2.32. The first-order valence-corrected chi connectivity index (χ1v) is 6.40. The molecule has 1 saturated heterocycles. The van der Waals surface area contributed by atoms with Crippen LogP contribution in [0.5, 0.6) is 0 Å². The molecule has 2 rings (SSSR count). The maximum Gasteiger partial charge on any atom is 0.239 e. The van der Waals surface area contributed by atoms with Gasteiger partial charge in [0, 0.05) is 19.0 Å². The molecule has 17 heavy (non-hydrogen) atoms. The van der Waals surface area contributed by atoms with Crippen molar-refractivity contribution in [2.45, 2.75) is 50.7 Å². The van der Waals surface area contributed by atoms with Crippen molar-refractivity contribution >= 4 is 11.8 Å². The van der Waals surface area contributed by atoms with E-state index < -0.39 is 0 Å². The summed E-state index contributed by atoms with van der Waals surface area (Å²) < 4.78 is 0. The molecule has 0 aromatic heterocycles. The third-order valence-corrected chi connectivity index (χ3v) is 3.48. The summed E-state index contributed by atoms with van der Waals surface area (Å²) in [5, 5.41) is 12.0. The van der Waals surface area contributed by atoms with Gasteiger partial charge < -0.3 is 15.3 Å². The summed E-state index contributed by atoms with van der Waals surface area (Å²) in [6.07, 6.45) is 4.57. The highest BCUT2D eigenvalue weighted by atomic mass is 16.3. The van der Waals surface area contributed by atoms with E-state index in [-0.39, 0.29) is 30.5 Å². The molecule has 0 atom stereocenters. The summed E-state index contributed by atoms with van der Waals surface area (Å²) in [5.41, 5.74) is 0. The highest BCUT2D eigenvalue weighted by Crippen LogP contribution is 2.19. The third kappa shape index (κ3) is 3.43. The molecule has 0 spiro atoms. The van der Waals surface area contributed by atoms with E-state index in [1.165, 1.54) is 0 Å². The van der Waals surface area contributed by atoms with Gasteiger partial charge in [0.1, 0.15) is 0 Å². The van der Waals surface area contributed by atoms with Gasteiger partial charge in [-0.15, -0.1) is 0 Å². The van der Waals surface area contributed by atoms with E-state index in [0.717, 1.165) is 19.3 Å². The van der Waals surface area contributed by atoms with Gasteiger partial charge in [0.25, 0.3) is 0 Å². The van der Waals surface area contributed by atoms with E-state index in [4.69, 9.17) is 5.11 Å². The van der Waals surface area contributed by atoms with Crippen LogP contribution in [0.15, 0.2) is 0 Å². The molecular weight excluding hydrogens is 220 g/mol. The van der Waals surface area contributed by atoms with Gasteiger partial charge in [0.2, 0.25) is 11.8 Å². The predicted octanol–water partition coefficient (Wildman–Crippen LogP) is 0.0285. The lowest BCUT2D eigenvalue weighted by atomic mass is 9.89. The maximum absolute atomic E-state index is 11.7. The molecule has 0 unspecified atom stereocenters. The standard InChI is InChI=1S/C12H20N2O3/c15-10-6-9(7-10)13-11(16)8-14-5-3-1-2-4-12(14)17/h9-10,15H,1-8H2,(H,13,16). The lowest BCUT2D eigenvalue weighted by molar-refractivity contribution is -0.136. The third-order valence-electron chi connectivity index (χ3n) is 3.48. The van der Waals surface area contributed by atoms with Crippen LogP contribution in [-0.2, 0) is 9.59 Å².